The molecule has 0 aliphatic heterocycles. The van der Waals surface area contributed by atoms with Crippen LogP contribution in [-0.4, -0.2) is 29.3 Å². The third-order valence-corrected chi connectivity index (χ3v) is 4.74. The standard InChI is InChI=1S/C20H22FNO3S/c21-17-7-5-16(6-8-17)11-22(13-20-4-2-10-26-20)12-18(23)14-24-15-19-3-1-9-25-19/h1-10,18,23H,11-15H2/t18-/m1/s1. The predicted molar refractivity (Wildman–Crippen MR) is 99.2 cm³/mol. The van der Waals surface area contributed by atoms with Crippen molar-refractivity contribution in [2.75, 3.05) is 13.2 Å². The van der Waals surface area contributed by atoms with Crippen molar-refractivity contribution in [3.05, 3.63) is 82.2 Å². The van der Waals surface area contributed by atoms with Crippen molar-refractivity contribution in [3.63, 3.8) is 0 Å². The van der Waals surface area contributed by atoms with Gasteiger partial charge in [-0.1, -0.05) is 18.2 Å². The van der Waals surface area contributed by atoms with Crippen LogP contribution in [0.5, 0.6) is 0 Å². The Morgan fingerprint density at radius 1 is 1.12 bits per heavy atom. The molecule has 4 nitrogen and oxygen atoms in total. The van der Waals surface area contributed by atoms with Crippen LogP contribution in [0.3, 0.4) is 0 Å². The molecule has 0 aliphatic rings. The van der Waals surface area contributed by atoms with Crippen molar-refractivity contribution < 1.29 is 18.7 Å². The van der Waals surface area contributed by atoms with E-state index in [0.717, 1.165) is 17.9 Å². The van der Waals surface area contributed by atoms with E-state index < -0.39 is 6.10 Å². The number of furan rings is 1. The fourth-order valence-electron chi connectivity index (χ4n) is 2.70. The highest BCUT2D eigenvalue weighted by Crippen LogP contribution is 2.15. The van der Waals surface area contributed by atoms with Gasteiger partial charge in [0.2, 0.25) is 0 Å². The molecule has 0 saturated carbocycles. The molecule has 0 radical (unpaired) electrons. The average molecular weight is 375 g/mol. The Kier molecular flexibility index (Phi) is 6.96. The summed E-state index contributed by atoms with van der Waals surface area (Å²) in [6.07, 6.45) is 0.978. The van der Waals surface area contributed by atoms with Crippen LogP contribution in [0.1, 0.15) is 16.2 Å². The van der Waals surface area contributed by atoms with Crippen molar-refractivity contribution in [2.24, 2.45) is 0 Å². The van der Waals surface area contributed by atoms with Crippen molar-refractivity contribution in [2.45, 2.75) is 25.8 Å². The van der Waals surface area contributed by atoms with Crippen LogP contribution in [0.2, 0.25) is 0 Å². The molecule has 0 saturated heterocycles. The molecule has 26 heavy (non-hydrogen) atoms. The third-order valence-electron chi connectivity index (χ3n) is 3.88. The Balaban J connectivity index is 1.54. The summed E-state index contributed by atoms with van der Waals surface area (Å²) in [6.45, 7) is 2.39. The molecule has 2 aromatic heterocycles. The van der Waals surface area contributed by atoms with Gasteiger partial charge in [-0.05, 0) is 41.3 Å². The molecule has 1 N–H and O–H groups in total. The lowest BCUT2D eigenvalue weighted by Gasteiger charge is -2.24. The van der Waals surface area contributed by atoms with Gasteiger partial charge in [0.1, 0.15) is 18.2 Å². The number of rotatable bonds is 10. The number of nitrogens with zero attached hydrogens (tertiary/aromatic N) is 1. The molecule has 138 valence electrons. The minimum atomic E-state index is -0.620. The number of hydrogen-bond donors (Lipinski definition) is 1. The molecule has 2 heterocycles. The maximum absolute atomic E-state index is 13.1. The van der Waals surface area contributed by atoms with Crippen LogP contribution >= 0.6 is 11.3 Å². The Morgan fingerprint density at radius 2 is 1.96 bits per heavy atom. The normalized spacial score (nSPS) is 12.6. The molecule has 0 fully saturated rings. The summed E-state index contributed by atoms with van der Waals surface area (Å²) in [6, 6.07) is 14.2. The number of thiophene rings is 1. The first-order chi connectivity index (χ1) is 12.7. The minimum absolute atomic E-state index is 0.227. The first-order valence-electron chi connectivity index (χ1n) is 8.46. The largest absolute Gasteiger partial charge is 0.467 e. The van der Waals surface area contributed by atoms with Gasteiger partial charge in [-0.2, -0.15) is 0 Å². The lowest BCUT2D eigenvalue weighted by Crippen LogP contribution is -2.34. The van der Waals surface area contributed by atoms with Gasteiger partial charge in [0, 0.05) is 24.5 Å². The second-order valence-corrected chi connectivity index (χ2v) is 7.16. The molecule has 1 atom stereocenters. The minimum Gasteiger partial charge on any atom is -0.467 e. The van der Waals surface area contributed by atoms with Gasteiger partial charge in [-0.15, -0.1) is 11.3 Å². The molecule has 1 aromatic carbocycles. The van der Waals surface area contributed by atoms with Crippen molar-refractivity contribution >= 4 is 11.3 Å². The lowest BCUT2D eigenvalue weighted by molar-refractivity contribution is 0.00268. The summed E-state index contributed by atoms with van der Waals surface area (Å²) in [5.41, 5.74) is 1.01. The van der Waals surface area contributed by atoms with Gasteiger partial charge in [-0.25, -0.2) is 4.39 Å². The third kappa shape index (κ3) is 6.07. The summed E-state index contributed by atoms with van der Waals surface area (Å²) in [5.74, 6) is 0.490. The number of hydrogen-bond acceptors (Lipinski definition) is 5. The van der Waals surface area contributed by atoms with E-state index in [1.54, 1.807) is 35.8 Å². The molecule has 6 heteroatoms. The highest BCUT2D eigenvalue weighted by molar-refractivity contribution is 7.09. The second-order valence-electron chi connectivity index (χ2n) is 6.12. The van der Waals surface area contributed by atoms with Crippen LogP contribution in [-0.2, 0) is 24.4 Å². The Bertz CT molecular complexity index is 744. The molecule has 0 aliphatic carbocycles. The van der Waals surface area contributed by atoms with Gasteiger partial charge >= 0.3 is 0 Å². The SMILES string of the molecule is O[C@@H](COCc1ccco1)CN(Cc1ccc(F)cc1)Cc1cccs1. The summed E-state index contributed by atoms with van der Waals surface area (Å²) < 4.78 is 23.9. The fraction of sp³-hybridized carbons (Fsp3) is 0.300. The van der Waals surface area contributed by atoms with E-state index in [1.807, 2.05) is 17.5 Å². The number of halogens is 1. The summed E-state index contributed by atoms with van der Waals surface area (Å²) in [7, 11) is 0. The molecule has 0 amide bonds. The van der Waals surface area contributed by atoms with Crippen LogP contribution in [0, 0.1) is 5.82 Å². The van der Waals surface area contributed by atoms with Crippen LogP contribution in [0.15, 0.2) is 64.6 Å². The first kappa shape index (κ1) is 18.8. The fourth-order valence-corrected chi connectivity index (χ4v) is 3.44. The second kappa shape index (κ2) is 9.64. The van der Waals surface area contributed by atoms with Crippen molar-refractivity contribution in [1.29, 1.82) is 0 Å². The van der Waals surface area contributed by atoms with E-state index in [0.29, 0.717) is 19.7 Å². The lowest BCUT2D eigenvalue weighted by atomic mass is 10.2. The van der Waals surface area contributed by atoms with Crippen molar-refractivity contribution in [1.82, 2.24) is 4.90 Å². The number of benzene rings is 1. The van der Waals surface area contributed by atoms with Crippen LogP contribution in [0.25, 0.3) is 0 Å². The van der Waals surface area contributed by atoms with E-state index >= 15 is 0 Å². The quantitative estimate of drug-likeness (QED) is 0.580. The van der Waals surface area contributed by atoms with Gasteiger partial charge < -0.3 is 14.3 Å². The zero-order chi connectivity index (χ0) is 18.2. The van der Waals surface area contributed by atoms with E-state index in [1.165, 1.54) is 17.0 Å². The Labute approximate surface area is 156 Å². The van der Waals surface area contributed by atoms with E-state index in [-0.39, 0.29) is 12.4 Å². The summed E-state index contributed by atoms with van der Waals surface area (Å²) in [5, 5.41) is 12.4. The zero-order valence-electron chi connectivity index (χ0n) is 14.4. The van der Waals surface area contributed by atoms with Crippen LogP contribution < -0.4 is 0 Å². The topological polar surface area (TPSA) is 45.8 Å². The number of aliphatic hydroxyl groups excluding tert-OH is 1. The maximum atomic E-state index is 13.1. The van der Waals surface area contributed by atoms with Gasteiger partial charge in [0.25, 0.3) is 0 Å². The Hall–Kier alpha value is -1.99. The van der Waals surface area contributed by atoms with Crippen molar-refractivity contribution in [3.8, 4) is 0 Å². The Morgan fingerprint density at radius 3 is 2.65 bits per heavy atom. The summed E-state index contributed by atoms with van der Waals surface area (Å²) in [4.78, 5) is 3.36. The van der Waals surface area contributed by atoms with Gasteiger partial charge in [-0.3, -0.25) is 4.90 Å². The van der Waals surface area contributed by atoms with Crippen LogP contribution in [0.4, 0.5) is 4.39 Å². The zero-order valence-corrected chi connectivity index (χ0v) is 15.2. The van der Waals surface area contributed by atoms with E-state index in [4.69, 9.17) is 9.15 Å². The molecular weight excluding hydrogens is 353 g/mol. The van der Waals surface area contributed by atoms with Gasteiger partial charge in [0.05, 0.1) is 19.0 Å². The summed E-state index contributed by atoms with van der Waals surface area (Å²) >= 11 is 1.68. The molecular formula is C20H22FNO3S. The molecule has 3 rings (SSSR count). The van der Waals surface area contributed by atoms with E-state index in [9.17, 15) is 9.50 Å². The molecule has 0 unspecified atom stereocenters. The molecule has 0 bridgehead atoms. The molecule has 0 spiro atoms. The average Bonchev–Trinajstić information content (AvgIpc) is 3.31. The van der Waals surface area contributed by atoms with Gasteiger partial charge in [0.15, 0.2) is 0 Å². The highest BCUT2D eigenvalue weighted by atomic mass is 32.1. The highest BCUT2D eigenvalue weighted by Gasteiger charge is 2.14. The maximum Gasteiger partial charge on any atom is 0.129 e. The number of aliphatic hydroxyl groups is 1. The molecule has 3 aromatic rings. The number of ether oxygens (including phenoxy) is 1. The van der Waals surface area contributed by atoms with E-state index in [2.05, 4.69) is 11.0 Å². The monoisotopic (exact) mass is 375 g/mol. The smallest absolute Gasteiger partial charge is 0.129 e. The first-order valence-corrected chi connectivity index (χ1v) is 9.34. The predicted octanol–water partition coefficient (Wildman–Crippen LogP) is 4.06.